The second kappa shape index (κ2) is 6.05. The van der Waals surface area contributed by atoms with Gasteiger partial charge in [-0.25, -0.2) is 18.4 Å². The molecule has 0 radical (unpaired) electrons. The Morgan fingerprint density at radius 2 is 1.88 bits per heavy atom. The summed E-state index contributed by atoms with van der Waals surface area (Å²) in [6.07, 6.45) is 6.19. The lowest BCUT2D eigenvalue weighted by Crippen LogP contribution is -2.49. The van der Waals surface area contributed by atoms with Crippen LogP contribution >= 0.6 is 0 Å². The van der Waals surface area contributed by atoms with E-state index in [0.29, 0.717) is 26.2 Å². The maximum atomic E-state index is 12.7. The van der Waals surface area contributed by atoms with Gasteiger partial charge in [0.15, 0.2) is 5.65 Å². The zero-order valence-electron chi connectivity index (χ0n) is 13.6. The van der Waals surface area contributed by atoms with Gasteiger partial charge in [-0.15, -0.1) is 0 Å². The predicted molar refractivity (Wildman–Crippen MR) is 91.5 cm³/mol. The van der Waals surface area contributed by atoms with Gasteiger partial charge in [-0.2, -0.15) is 9.40 Å². The van der Waals surface area contributed by atoms with Crippen molar-refractivity contribution in [1.29, 1.82) is 0 Å². The molecular formula is C15H17N7O2S. The van der Waals surface area contributed by atoms with Crippen molar-refractivity contribution in [2.75, 3.05) is 31.1 Å². The van der Waals surface area contributed by atoms with Crippen molar-refractivity contribution >= 4 is 26.9 Å². The van der Waals surface area contributed by atoms with Gasteiger partial charge in [0.2, 0.25) is 10.0 Å². The molecule has 9 nitrogen and oxygen atoms in total. The van der Waals surface area contributed by atoms with Crippen LogP contribution in [0.25, 0.3) is 11.0 Å². The monoisotopic (exact) mass is 359 g/mol. The number of piperazine rings is 1. The van der Waals surface area contributed by atoms with Crippen LogP contribution in [0.2, 0.25) is 0 Å². The predicted octanol–water partition coefficient (Wildman–Crippen LogP) is 0.269. The van der Waals surface area contributed by atoms with Crippen molar-refractivity contribution in [2.45, 2.75) is 4.90 Å². The van der Waals surface area contributed by atoms with E-state index >= 15 is 0 Å². The van der Waals surface area contributed by atoms with Crippen molar-refractivity contribution in [3.05, 3.63) is 37.1 Å². The van der Waals surface area contributed by atoms with Crippen molar-refractivity contribution in [3.8, 4) is 0 Å². The van der Waals surface area contributed by atoms with E-state index in [1.807, 2.05) is 7.05 Å². The third-order valence-corrected chi connectivity index (χ3v) is 6.20. The van der Waals surface area contributed by atoms with Crippen LogP contribution in [0, 0.1) is 0 Å². The van der Waals surface area contributed by atoms with Crippen LogP contribution in [0.4, 0.5) is 5.82 Å². The van der Waals surface area contributed by atoms with Crippen molar-refractivity contribution < 1.29 is 8.42 Å². The highest BCUT2D eigenvalue weighted by molar-refractivity contribution is 7.89. The Kier molecular flexibility index (Phi) is 3.85. The first kappa shape index (κ1) is 15.9. The number of sulfonamides is 1. The molecule has 1 aliphatic heterocycles. The van der Waals surface area contributed by atoms with Gasteiger partial charge in [0, 0.05) is 45.6 Å². The van der Waals surface area contributed by atoms with E-state index in [1.165, 1.54) is 16.8 Å². The Hall–Kier alpha value is -2.59. The first-order valence-corrected chi connectivity index (χ1v) is 9.29. The fourth-order valence-corrected chi connectivity index (χ4v) is 4.38. The summed E-state index contributed by atoms with van der Waals surface area (Å²) in [6.45, 7) is 1.90. The van der Waals surface area contributed by atoms with Crippen molar-refractivity contribution in [2.24, 2.45) is 7.05 Å². The molecule has 4 heterocycles. The van der Waals surface area contributed by atoms with Gasteiger partial charge in [0.25, 0.3) is 0 Å². The molecule has 0 saturated carbocycles. The summed E-state index contributed by atoms with van der Waals surface area (Å²) in [4.78, 5) is 14.8. The highest BCUT2D eigenvalue weighted by Gasteiger charge is 2.29. The summed E-state index contributed by atoms with van der Waals surface area (Å²) in [5, 5.41) is 5.09. The van der Waals surface area contributed by atoms with Crippen molar-refractivity contribution in [3.63, 3.8) is 0 Å². The molecule has 0 aliphatic carbocycles. The lowest BCUT2D eigenvalue weighted by atomic mass is 10.3. The van der Waals surface area contributed by atoms with E-state index < -0.39 is 10.0 Å². The standard InChI is InChI=1S/C15H17N7O2S/c1-20-14-13(10-19-20)15(18-11-17-14)21-5-7-22(8-6-21)25(23,24)12-3-2-4-16-9-12/h2-4,9-11H,5-8H2,1H3. The first-order chi connectivity index (χ1) is 12.1. The van der Waals surface area contributed by atoms with Crippen LogP contribution in [0.5, 0.6) is 0 Å². The minimum absolute atomic E-state index is 0.222. The molecule has 3 aromatic rings. The molecule has 0 atom stereocenters. The quantitative estimate of drug-likeness (QED) is 0.662. The van der Waals surface area contributed by atoms with Crippen LogP contribution in [0.1, 0.15) is 0 Å². The third-order valence-electron chi connectivity index (χ3n) is 4.32. The minimum Gasteiger partial charge on any atom is -0.353 e. The second-order valence-electron chi connectivity index (χ2n) is 5.78. The number of hydrogen-bond donors (Lipinski definition) is 0. The average Bonchev–Trinajstić information content (AvgIpc) is 3.04. The fraction of sp³-hybridized carbons (Fsp3) is 0.333. The Labute approximate surface area is 145 Å². The lowest BCUT2D eigenvalue weighted by Gasteiger charge is -2.34. The zero-order chi connectivity index (χ0) is 17.4. The molecule has 0 bridgehead atoms. The van der Waals surface area contributed by atoms with Gasteiger partial charge in [0.05, 0.1) is 11.6 Å². The molecule has 1 aliphatic rings. The molecule has 130 valence electrons. The number of hydrogen-bond acceptors (Lipinski definition) is 7. The first-order valence-electron chi connectivity index (χ1n) is 7.85. The van der Waals surface area contributed by atoms with E-state index in [-0.39, 0.29) is 4.90 Å². The summed E-state index contributed by atoms with van der Waals surface area (Å²) in [7, 11) is -1.68. The highest BCUT2D eigenvalue weighted by Crippen LogP contribution is 2.24. The van der Waals surface area contributed by atoms with Crippen molar-refractivity contribution in [1.82, 2.24) is 29.0 Å². The molecular weight excluding hydrogens is 342 g/mol. The number of nitrogens with zero attached hydrogens (tertiary/aromatic N) is 7. The summed E-state index contributed by atoms with van der Waals surface area (Å²) >= 11 is 0. The van der Waals surface area contributed by atoms with E-state index in [1.54, 1.807) is 29.2 Å². The van der Waals surface area contributed by atoms with E-state index in [9.17, 15) is 8.42 Å². The molecule has 1 saturated heterocycles. The minimum atomic E-state index is -3.51. The highest BCUT2D eigenvalue weighted by atomic mass is 32.2. The molecule has 0 amide bonds. The van der Waals surface area contributed by atoms with Gasteiger partial charge >= 0.3 is 0 Å². The molecule has 0 aromatic carbocycles. The summed E-state index contributed by atoms with van der Waals surface area (Å²) in [5.74, 6) is 0.788. The number of pyridine rings is 1. The van der Waals surface area contributed by atoms with Gasteiger partial charge in [-0.1, -0.05) is 0 Å². The van der Waals surface area contributed by atoms with Crippen LogP contribution in [-0.2, 0) is 17.1 Å². The molecule has 10 heteroatoms. The SMILES string of the molecule is Cn1ncc2c(N3CCN(S(=O)(=O)c4cccnc4)CC3)ncnc21. The summed E-state index contributed by atoms with van der Waals surface area (Å²) < 4.78 is 28.5. The van der Waals surface area contributed by atoms with Gasteiger partial charge < -0.3 is 4.90 Å². The van der Waals surface area contributed by atoms with E-state index in [2.05, 4.69) is 25.0 Å². The number of fused-ring (bicyclic) bond motifs is 1. The van der Waals surface area contributed by atoms with Gasteiger partial charge in [-0.05, 0) is 12.1 Å². The number of anilines is 1. The van der Waals surface area contributed by atoms with Crippen LogP contribution in [0.3, 0.4) is 0 Å². The fourth-order valence-electron chi connectivity index (χ4n) is 2.99. The summed E-state index contributed by atoms with van der Waals surface area (Å²) in [6, 6.07) is 3.20. The summed E-state index contributed by atoms with van der Waals surface area (Å²) in [5.41, 5.74) is 0.760. The smallest absolute Gasteiger partial charge is 0.244 e. The van der Waals surface area contributed by atoms with E-state index in [4.69, 9.17) is 0 Å². The van der Waals surface area contributed by atoms with E-state index in [0.717, 1.165) is 16.9 Å². The zero-order valence-corrected chi connectivity index (χ0v) is 14.5. The largest absolute Gasteiger partial charge is 0.353 e. The number of rotatable bonds is 3. The molecule has 1 fully saturated rings. The lowest BCUT2D eigenvalue weighted by molar-refractivity contribution is 0.384. The Morgan fingerprint density at radius 1 is 1.08 bits per heavy atom. The molecule has 0 spiro atoms. The van der Waals surface area contributed by atoms with Crippen LogP contribution in [0.15, 0.2) is 41.9 Å². The molecule has 3 aromatic heterocycles. The van der Waals surface area contributed by atoms with Crippen LogP contribution < -0.4 is 4.90 Å². The maximum absolute atomic E-state index is 12.7. The molecule has 4 rings (SSSR count). The Bertz CT molecular complexity index is 995. The van der Waals surface area contributed by atoms with Gasteiger partial charge in [-0.3, -0.25) is 9.67 Å². The second-order valence-corrected chi connectivity index (χ2v) is 7.72. The molecule has 0 unspecified atom stereocenters. The average molecular weight is 359 g/mol. The third kappa shape index (κ3) is 2.72. The normalized spacial score (nSPS) is 16.4. The Morgan fingerprint density at radius 3 is 2.60 bits per heavy atom. The molecule has 25 heavy (non-hydrogen) atoms. The number of aryl methyl sites for hydroxylation is 1. The topological polar surface area (TPSA) is 97.1 Å². The Balaban J connectivity index is 1.55. The number of aromatic nitrogens is 5. The van der Waals surface area contributed by atoms with Gasteiger partial charge in [0.1, 0.15) is 17.0 Å². The maximum Gasteiger partial charge on any atom is 0.244 e. The molecule has 0 N–H and O–H groups in total. The van der Waals surface area contributed by atoms with Crippen LogP contribution in [-0.4, -0.2) is 63.6 Å².